The Balaban J connectivity index is 2.72. The minimum absolute atomic E-state index is 0.0756. The number of amides is 1. The standard InChI is InChI=1S/C11H21BrN2O/c1-10(2)8-14(7-6-13(10)5)9(15)11(3,4)12/h6-8H2,1-5H3. The van der Waals surface area contributed by atoms with Gasteiger partial charge in [-0.2, -0.15) is 0 Å². The topological polar surface area (TPSA) is 23.6 Å². The highest BCUT2D eigenvalue weighted by molar-refractivity contribution is 9.10. The van der Waals surface area contributed by atoms with Gasteiger partial charge in [0.2, 0.25) is 5.91 Å². The summed E-state index contributed by atoms with van der Waals surface area (Å²) in [5.41, 5.74) is 0.0756. The maximum Gasteiger partial charge on any atom is 0.239 e. The van der Waals surface area contributed by atoms with Crippen LogP contribution in [0.3, 0.4) is 0 Å². The molecule has 0 spiro atoms. The zero-order chi connectivity index (χ0) is 11.9. The van der Waals surface area contributed by atoms with Gasteiger partial charge in [-0.1, -0.05) is 15.9 Å². The van der Waals surface area contributed by atoms with E-state index in [4.69, 9.17) is 0 Å². The van der Waals surface area contributed by atoms with Crippen molar-refractivity contribution in [2.75, 3.05) is 26.7 Å². The van der Waals surface area contributed by atoms with Crippen molar-refractivity contribution < 1.29 is 4.79 Å². The first-order valence-electron chi connectivity index (χ1n) is 5.34. The van der Waals surface area contributed by atoms with Crippen LogP contribution in [0.5, 0.6) is 0 Å². The first kappa shape index (κ1) is 13.0. The zero-order valence-corrected chi connectivity index (χ0v) is 11.9. The van der Waals surface area contributed by atoms with Gasteiger partial charge in [-0.05, 0) is 34.7 Å². The van der Waals surface area contributed by atoms with Gasteiger partial charge in [-0.15, -0.1) is 0 Å². The summed E-state index contributed by atoms with van der Waals surface area (Å²) in [5, 5.41) is 0. The third-order valence-corrected chi connectivity index (χ3v) is 3.45. The van der Waals surface area contributed by atoms with Gasteiger partial charge in [0.1, 0.15) is 0 Å². The third-order valence-electron chi connectivity index (χ3n) is 3.11. The molecular formula is C11H21BrN2O. The first-order valence-corrected chi connectivity index (χ1v) is 6.13. The van der Waals surface area contributed by atoms with Gasteiger partial charge in [0, 0.05) is 25.2 Å². The lowest BCUT2D eigenvalue weighted by molar-refractivity contribution is -0.137. The fraction of sp³-hybridized carbons (Fsp3) is 0.909. The average molecular weight is 277 g/mol. The van der Waals surface area contributed by atoms with Crippen LogP contribution in [-0.4, -0.2) is 52.3 Å². The summed E-state index contributed by atoms with van der Waals surface area (Å²) in [5.74, 6) is 0.184. The van der Waals surface area contributed by atoms with Crippen molar-refractivity contribution in [3.8, 4) is 0 Å². The summed E-state index contributed by atoms with van der Waals surface area (Å²) < 4.78 is -0.445. The van der Waals surface area contributed by atoms with Crippen molar-refractivity contribution in [2.45, 2.75) is 37.6 Å². The molecule has 0 aromatic heterocycles. The summed E-state index contributed by atoms with van der Waals surface area (Å²) in [4.78, 5) is 16.3. The van der Waals surface area contributed by atoms with Gasteiger partial charge >= 0.3 is 0 Å². The maximum absolute atomic E-state index is 12.1. The lowest BCUT2D eigenvalue weighted by Crippen LogP contribution is -2.60. The summed E-state index contributed by atoms with van der Waals surface area (Å²) in [6, 6.07) is 0. The van der Waals surface area contributed by atoms with E-state index in [1.807, 2.05) is 18.7 Å². The molecule has 1 rings (SSSR count). The second-order valence-corrected chi connectivity index (χ2v) is 7.42. The lowest BCUT2D eigenvalue weighted by Gasteiger charge is -2.46. The Morgan fingerprint density at radius 1 is 1.33 bits per heavy atom. The van der Waals surface area contributed by atoms with Crippen LogP contribution in [0, 0.1) is 0 Å². The SMILES string of the molecule is CN1CCN(C(=O)C(C)(C)Br)CC1(C)C. The molecule has 88 valence electrons. The van der Waals surface area contributed by atoms with E-state index in [1.165, 1.54) is 0 Å². The highest BCUT2D eigenvalue weighted by atomic mass is 79.9. The van der Waals surface area contributed by atoms with E-state index in [2.05, 4.69) is 41.7 Å². The fourth-order valence-corrected chi connectivity index (χ4v) is 2.04. The van der Waals surface area contributed by atoms with Gasteiger partial charge in [0.15, 0.2) is 0 Å². The molecule has 0 unspecified atom stereocenters. The molecule has 0 saturated carbocycles. The highest BCUT2D eigenvalue weighted by Crippen LogP contribution is 2.24. The number of likely N-dealkylation sites (N-methyl/N-ethyl adjacent to an activating group) is 1. The zero-order valence-electron chi connectivity index (χ0n) is 10.3. The Labute approximate surface area is 101 Å². The Morgan fingerprint density at radius 2 is 1.87 bits per heavy atom. The van der Waals surface area contributed by atoms with E-state index < -0.39 is 4.32 Å². The molecule has 4 heteroatoms. The highest BCUT2D eigenvalue weighted by Gasteiger charge is 2.37. The monoisotopic (exact) mass is 276 g/mol. The Hall–Kier alpha value is -0.0900. The van der Waals surface area contributed by atoms with Crippen LogP contribution in [0.2, 0.25) is 0 Å². The van der Waals surface area contributed by atoms with Crippen molar-refractivity contribution in [1.82, 2.24) is 9.80 Å². The number of hydrogen-bond acceptors (Lipinski definition) is 2. The molecule has 1 heterocycles. The van der Waals surface area contributed by atoms with Crippen molar-refractivity contribution in [3.05, 3.63) is 0 Å². The molecule has 0 bridgehead atoms. The van der Waals surface area contributed by atoms with Gasteiger partial charge in [-0.3, -0.25) is 9.69 Å². The van der Waals surface area contributed by atoms with Gasteiger partial charge in [0.05, 0.1) is 4.32 Å². The fourth-order valence-electron chi connectivity index (χ4n) is 1.79. The average Bonchev–Trinajstić information content (AvgIpc) is 2.07. The number of hydrogen-bond donors (Lipinski definition) is 0. The van der Waals surface area contributed by atoms with Crippen molar-refractivity contribution in [3.63, 3.8) is 0 Å². The van der Waals surface area contributed by atoms with E-state index in [0.29, 0.717) is 0 Å². The number of halogens is 1. The van der Waals surface area contributed by atoms with Gasteiger partial charge in [-0.25, -0.2) is 0 Å². The summed E-state index contributed by atoms with van der Waals surface area (Å²) >= 11 is 3.43. The maximum atomic E-state index is 12.1. The molecule has 1 aliphatic heterocycles. The Morgan fingerprint density at radius 3 is 2.27 bits per heavy atom. The second kappa shape index (κ2) is 4.06. The Kier molecular flexibility index (Phi) is 3.51. The van der Waals surface area contributed by atoms with Crippen LogP contribution < -0.4 is 0 Å². The van der Waals surface area contributed by atoms with E-state index >= 15 is 0 Å². The van der Waals surface area contributed by atoms with Crippen molar-refractivity contribution in [2.24, 2.45) is 0 Å². The first-order chi connectivity index (χ1) is 6.64. The van der Waals surface area contributed by atoms with Gasteiger partial charge < -0.3 is 4.90 Å². The summed E-state index contributed by atoms with van der Waals surface area (Å²) in [6.07, 6.45) is 0. The van der Waals surface area contributed by atoms with E-state index in [0.717, 1.165) is 19.6 Å². The van der Waals surface area contributed by atoms with Crippen molar-refractivity contribution >= 4 is 21.8 Å². The quantitative estimate of drug-likeness (QED) is 0.681. The molecule has 0 aromatic rings. The number of alkyl halides is 1. The minimum atomic E-state index is -0.445. The molecule has 0 N–H and O–H groups in total. The van der Waals surface area contributed by atoms with E-state index in [-0.39, 0.29) is 11.4 Å². The van der Waals surface area contributed by atoms with Crippen LogP contribution in [0.1, 0.15) is 27.7 Å². The molecule has 1 fully saturated rings. The molecule has 0 radical (unpaired) electrons. The van der Waals surface area contributed by atoms with Crippen molar-refractivity contribution in [1.29, 1.82) is 0 Å². The van der Waals surface area contributed by atoms with Crippen LogP contribution in [0.25, 0.3) is 0 Å². The van der Waals surface area contributed by atoms with E-state index in [1.54, 1.807) is 0 Å². The number of piperazine rings is 1. The lowest BCUT2D eigenvalue weighted by atomic mass is 9.98. The smallest absolute Gasteiger partial charge is 0.239 e. The van der Waals surface area contributed by atoms with E-state index in [9.17, 15) is 4.79 Å². The predicted octanol–water partition coefficient (Wildman–Crippen LogP) is 1.71. The molecular weight excluding hydrogens is 256 g/mol. The summed E-state index contributed by atoms with van der Waals surface area (Å²) in [6.45, 7) is 10.7. The van der Waals surface area contributed by atoms with Gasteiger partial charge in [0.25, 0.3) is 0 Å². The Bertz CT molecular complexity index is 258. The third kappa shape index (κ3) is 2.94. The molecule has 3 nitrogen and oxygen atoms in total. The number of nitrogens with zero attached hydrogens (tertiary/aromatic N) is 2. The molecule has 1 saturated heterocycles. The molecule has 0 aromatic carbocycles. The van der Waals surface area contributed by atoms with Crippen LogP contribution >= 0.6 is 15.9 Å². The number of carbonyl (C=O) groups excluding carboxylic acids is 1. The molecule has 0 atom stereocenters. The summed E-state index contributed by atoms with van der Waals surface area (Å²) in [7, 11) is 2.11. The molecule has 1 amide bonds. The molecule has 0 aliphatic carbocycles. The van der Waals surface area contributed by atoms with Crippen LogP contribution in [0.15, 0.2) is 0 Å². The minimum Gasteiger partial charge on any atom is -0.338 e. The predicted molar refractivity (Wildman–Crippen MR) is 66.3 cm³/mol. The van der Waals surface area contributed by atoms with Crippen LogP contribution in [0.4, 0.5) is 0 Å². The van der Waals surface area contributed by atoms with Crippen LogP contribution in [-0.2, 0) is 4.79 Å². The number of carbonyl (C=O) groups is 1. The normalized spacial score (nSPS) is 22.9. The largest absolute Gasteiger partial charge is 0.338 e. The number of rotatable bonds is 1. The molecule has 15 heavy (non-hydrogen) atoms. The second-order valence-electron chi connectivity index (χ2n) is 5.43. The molecule has 1 aliphatic rings.